The van der Waals surface area contributed by atoms with Crippen molar-refractivity contribution in [3.8, 4) is 0 Å². The summed E-state index contributed by atoms with van der Waals surface area (Å²) in [6.07, 6.45) is 0. The largest absolute Gasteiger partial charge is 0.394 e. The molecule has 104 valence electrons. The summed E-state index contributed by atoms with van der Waals surface area (Å²) in [5, 5.41) is 8.41. The van der Waals surface area contributed by atoms with Crippen molar-refractivity contribution in [3.05, 3.63) is 0 Å². The van der Waals surface area contributed by atoms with Gasteiger partial charge in [-0.2, -0.15) is 0 Å². The van der Waals surface area contributed by atoms with E-state index in [0.29, 0.717) is 52.9 Å². The quantitative estimate of drug-likeness (QED) is 0.264. The molecule has 1 N–H and O–H groups in total. The number of aliphatic hydroxyl groups is 1. The first-order valence-corrected chi connectivity index (χ1v) is 5.67. The first-order valence-electron chi connectivity index (χ1n) is 5.67. The molecule has 0 aromatic carbocycles. The molecular weight excluding hydrogens is 232 g/mol. The molecule has 0 saturated heterocycles. The number of hydrogen-bond donors (Lipinski definition) is 1. The van der Waals surface area contributed by atoms with Crippen LogP contribution in [0.15, 0.2) is 0 Å². The monoisotopic (exact) mass is 254 g/mol. The van der Waals surface area contributed by atoms with Crippen LogP contribution in [0.3, 0.4) is 0 Å². The Morgan fingerprint density at radius 1 is 0.647 bits per heavy atom. The minimum atomic E-state index is 0.0124. The van der Waals surface area contributed by atoms with E-state index in [1.54, 1.807) is 0 Å². The molecule has 0 aliphatic carbocycles. The average molecular weight is 254 g/mol. The van der Waals surface area contributed by atoms with Crippen LogP contribution in [-0.2, 0) is 29.0 Å². The smallest absolute Gasteiger partial charge is 0.106 e. The molecule has 17 heavy (non-hydrogen) atoms. The molecule has 0 aliphatic rings. The highest BCUT2D eigenvalue weighted by Gasteiger charge is 1.92. The maximum atomic E-state index is 8.41. The van der Waals surface area contributed by atoms with Gasteiger partial charge in [-0.1, -0.05) is 0 Å². The van der Waals surface area contributed by atoms with Crippen LogP contribution in [0.2, 0.25) is 0 Å². The van der Waals surface area contributed by atoms with Crippen LogP contribution in [0, 0.1) is 0 Å². The summed E-state index contributed by atoms with van der Waals surface area (Å²) in [5.41, 5.74) is 0. The second-order valence-electron chi connectivity index (χ2n) is 2.82. The van der Waals surface area contributed by atoms with Gasteiger partial charge in [0.2, 0.25) is 0 Å². The van der Waals surface area contributed by atoms with Gasteiger partial charge in [-0.3, -0.25) is 0 Å². The Labute approximate surface area is 101 Å². The fourth-order valence-electron chi connectivity index (χ4n) is 0.808. The van der Waals surface area contributed by atoms with Gasteiger partial charge < -0.3 is 14.6 Å². The molecule has 0 rings (SSSR count). The number of hydrogen-bond acceptors (Lipinski definition) is 7. The number of rotatable bonds is 14. The van der Waals surface area contributed by atoms with E-state index < -0.39 is 0 Å². The van der Waals surface area contributed by atoms with Crippen LogP contribution < -0.4 is 0 Å². The summed E-state index contributed by atoms with van der Waals surface area (Å²) in [6.45, 7) is 5.02. The Kier molecular flexibility index (Phi) is 15.5. The van der Waals surface area contributed by atoms with Crippen molar-refractivity contribution in [2.75, 3.05) is 59.5 Å². The molecule has 0 bridgehead atoms. The first-order chi connectivity index (χ1) is 8.41. The molecule has 0 aliphatic heterocycles. The predicted molar refractivity (Wildman–Crippen MR) is 58.2 cm³/mol. The third-order valence-corrected chi connectivity index (χ3v) is 1.45. The van der Waals surface area contributed by atoms with E-state index in [-0.39, 0.29) is 6.61 Å². The van der Waals surface area contributed by atoms with Crippen molar-refractivity contribution >= 4 is 0 Å². The van der Waals surface area contributed by atoms with Gasteiger partial charge in [0.05, 0.1) is 39.6 Å². The summed E-state index contributed by atoms with van der Waals surface area (Å²) < 4.78 is 10.1. The Hall–Kier alpha value is -0.280. The van der Waals surface area contributed by atoms with Gasteiger partial charge in [0.15, 0.2) is 0 Å². The van der Waals surface area contributed by atoms with E-state index in [2.05, 4.69) is 4.89 Å². The minimum absolute atomic E-state index is 0.0124. The topological polar surface area (TPSA) is 75.6 Å². The average Bonchev–Trinajstić information content (AvgIpc) is 2.35. The van der Waals surface area contributed by atoms with Gasteiger partial charge in [-0.15, -0.1) is 0 Å². The summed E-state index contributed by atoms with van der Waals surface area (Å²) in [7, 11) is 0. The van der Waals surface area contributed by atoms with Crippen molar-refractivity contribution in [2.24, 2.45) is 0 Å². The van der Waals surface area contributed by atoms with E-state index in [1.165, 1.54) is 0 Å². The lowest BCUT2D eigenvalue weighted by Gasteiger charge is -2.06. The van der Waals surface area contributed by atoms with E-state index in [1.807, 2.05) is 6.92 Å². The molecular formula is C10H22O7. The zero-order chi connectivity index (χ0) is 12.6. The SMILES string of the molecule is CCOOCCOCCOOCCOCCO. The third-order valence-electron chi connectivity index (χ3n) is 1.45. The fourth-order valence-corrected chi connectivity index (χ4v) is 0.808. The molecule has 0 fully saturated rings. The molecule has 0 heterocycles. The lowest BCUT2D eigenvalue weighted by molar-refractivity contribution is -0.309. The van der Waals surface area contributed by atoms with Crippen LogP contribution >= 0.6 is 0 Å². The van der Waals surface area contributed by atoms with E-state index >= 15 is 0 Å². The van der Waals surface area contributed by atoms with Crippen molar-refractivity contribution in [2.45, 2.75) is 6.92 Å². The molecule has 0 aromatic heterocycles. The summed E-state index contributed by atoms with van der Waals surface area (Å²) in [5.74, 6) is 0. The van der Waals surface area contributed by atoms with Crippen LogP contribution in [0.4, 0.5) is 0 Å². The van der Waals surface area contributed by atoms with E-state index in [9.17, 15) is 0 Å². The summed E-state index contributed by atoms with van der Waals surface area (Å²) >= 11 is 0. The highest BCUT2D eigenvalue weighted by atomic mass is 17.2. The highest BCUT2D eigenvalue weighted by Crippen LogP contribution is 1.84. The van der Waals surface area contributed by atoms with Gasteiger partial charge in [-0.05, 0) is 6.92 Å². The van der Waals surface area contributed by atoms with Gasteiger partial charge >= 0.3 is 0 Å². The zero-order valence-electron chi connectivity index (χ0n) is 10.3. The third kappa shape index (κ3) is 15.7. The van der Waals surface area contributed by atoms with Crippen molar-refractivity contribution < 1.29 is 34.1 Å². The molecule has 0 radical (unpaired) electrons. The minimum Gasteiger partial charge on any atom is -0.394 e. The predicted octanol–water partition coefficient (Wildman–Crippen LogP) is -0.0718. The van der Waals surface area contributed by atoms with Crippen LogP contribution in [0.1, 0.15) is 6.92 Å². The van der Waals surface area contributed by atoms with Crippen LogP contribution in [-0.4, -0.2) is 64.6 Å². The van der Waals surface area contributed by atoms with Crippen molar-refractivity contribution in [3.63, 3.8) is 0 Å². The normalized spacial score (nSPS) is 10.9. The molecule has 0 unspecified atom stereocenters. The second-order valence-corrected chi connectivity index (χ2v) is 2.82. The lowest BCUT2D eigenvalue weighted by Crippen LogP contribution is -2.12. The second kappa shape index (κ2) is 15.7. The van der Waals surface area contributed by atoms with Gasteiger partial charge in [0.25, 0.3) is 0 Å². The number of aliphatic hydroxyl groups excluding tert-OH is 1. The van der Waals surface area contributed by atoms with Crippen LogP contribution in [0.25, 0.3) is 0 Å². The maximum absolute atomic E-state index is 8.41. The van der Waals surface area contributed by atoms with E-state index in [4.69, 9.17) is 29.2 Å². The molecule has 7 heteroatoms. The van der Waals surface area contributed by atoms with E-state index in [0.717, 1.165) is 0 Å². The van der Waals surface area contributed by atoms with Gasteiger partial charge in [0, 0.05) is 0 Å². The summed E-state index contributed by atoms with van der Waals surface area (Å²) in [4.78, 5) is 19.0. The molecule has 0 atom stereocenters. The van der Waals surface area contributed by atoms with Gasteiger partial charge in [-0.25, -0.2) is 19.6 Å². The Bertz CT molecular complexity index is 120. The number of ether oxygens (including phenoxy) is 2. The molecule has 0 saturated carbocycles. The molecule has 7 nitrogen and oxygen atoms in total. The Balaban J connectivity index is 2.85. The lowest BCUT2D eigenvalue weighted by atomic mass is 10.7. The Morgan fingerprint density at radius 2 is 1.12 bits per heavy atom. The van der Waals surface area contributed by atoms with Crippen molar-refractivity contribution in [1.29, 1.82) is 0 Å². The standard InChI is InChI=1S/C10H22O7/c1-2-14-15-8-6-13-7-10-17-16-9-5-12-4-3-11/h11H,2-10H2,1H3. The molecule has 0 aromatic rings. The van der Waals surface area contributed by atoms with Gasteiger partial charge in [0.1, 0.15) is 19.8 Å². The zero-order valence-corrected chi connectivity index (χ0v) is 10.3. The van der Waals surface area contributed by atoms with Crippen LogP contribution in [0.5, 0.6) is 0 Å². The molecule has 0 spiro atoms. The Morgan fingerprint density at radius 3 is 1.59 bits per heavy atom. The van der Waals surface area contributed by atoms with Crippen molar-refractivity contribution in [1.82, 2.24) is 0 Å². The highest BCUT2D eigenvalue weighted by molar-refractivity contribution is 4.29. The summed E-state index contributed by atoms with van der Waals surface area (Å²) in [6, 6.07) is 0. The fraction of sp³-hybridized carbons (Fsp3) is 1.00. The molecule has 0 amide bonds. The maximum Gasteiger partial charge on any atom is 0.106 e. The first kappa shape index (κ1) is 16.7.